The molecule has 0 fully saturated rings. The van der Waals surface area contributed by atoms with Crippen LogP contribution >= 0.6 is 0 Å². The zero-order chi connectivity index (χ0) is 12.8. The molecular weight excluding hydrogens is 214 g/mol. The van der Waals surface area contributed by atoms with Crippen molar-refractivity contribution in [3.63, 3.8) is 0 Å². The Morgan fingerprint density at radius 3 is 2.12 bits per heavy atom. The van der Waals surface area contributed by atoms with Gasteiger partial charge >= 0.3 is 0 Å². The molecule has 0 bridgehead atoms. The van der Waals surface area contributed by atoms with E-state index in [1.807, 2.05) is 0 Å². The zero-order valence-electron chi connectivity index (χ0n) is 11.3. The Morgan fingerprint density at radius 2 is 1.59 bits per heavy atom. The van der Waals surface area contributed by atoms with Crippen molar-refractivity contribution in [1.82, 2.24) is 15.0 Å². The number of nitrogens with zero attached hydrogens (tertiary/aromatic N) is 3. The number of oxazole rings is 1. The lowest BCUT2D eigenvalue weighted by molar-refractivity contribution is 0.406. The van der Waals surface area contributed by atoms with Crippen LogP contribution in [-0.4, -0.2) is 15.0 Å². The SMILES string of the molecule is CC(C)(C)c1cnc2nc(C(C)(C)C)oc2n1. The minimum Gasteiger partial charge on any atom is -0.420 e. The van der Waals surface area contributed by atoms with Crippen LogP contribution in [0.4, 0.5) is 0 Å². The fourth-order valence-corrected chi connectivity index (χ4v) is 1.40. The molecule has 0 aliphatic heterocycles. The summed E-state index contributed by atoms with van der Waals surface area (Å²) in [6, 6.07) is 0. The third kappa shape index (κ3) is 2.30. The fraction of sp³-hybridized carbons (Fsp3) is 0.615. The average Bonchev–Trinajstić information content (AvgIpc) is 2.57. The second kappa shape index (κ2) is 3.52. The van der Waals surface area contributed by atoms with Crippen molar-refractivity contribution in [3.8, 4) is 0 Å². The summed E-state index contributed by atoms with van der Waals surface area (Å²) in [7, 11) is 0. The molecule has 2 rings (SSSR count). The molecule has 0 spiro atoms. The molecule has 0 amide bonds. The highest BCUT2D eigenvalue weighted by atomic mass is 16.4. The third-order valence-corrected chi connectivity index (χ3v) is 2.53. The fourth-order valence-electron chi connectivity index (χ4n) is 1.40. The van der Waals surface area contributed by atoms with E-state index in [1.165, 1.54) is 0 Å². The Morgan fingerprint density at radius 1 is 0.941 bits per heavy atom. The lowest BCUT2D eigenvalue weighted by Gasteiger charge is -2.15. The summed E-state index contributed by atoms with van der Waals surface area (Å²) in [6.45, 7) is 12.5. The van der Waals surface area contributed by atoms with Gasteiger partial charge in [0.2, 0.25) is 11.5 Å². The first-order valence-corrected chi connectivity index (χ1v) is 5.82. The molecule has 4 nitrogen and oxygen atoms in total. The summed E-state index contributed by atoms with van der Waals surface area (Å²) in [6.07, 6.45) is 1.78. The van der Waals surface area contributed by atoms with Crippen LogP contribution in [0.15, 0.2) is 10.6 Å². The van der Waals surface area contributed by atoms with Gasteiger partial charge in [-0.2, -0.15) is 4.98 Å². The van der Waals surface area contributed by atoms with Crippen molar-refractivity contribution in [1.29, 1.82) is 0 Å². The standard InChI is InChI=1S/C13H19N3O/c1-12(2,3)8-7-14-9-10(15-8)17-11(16-9)13(4,5)6/h7H,1-6H3. The van der Waals surface area contributed by atoms with Crippen LogP contribution in [-0.2, 0) is 10.8 Å². The topological polar surface area (TPSA) is 51.8 Å². The molecule has 0 aliphatic carbocycles. The summed E-state index contributed by atoms with van der Waals surface area (Å²) in [5.41, 5.74) is 1.88. The van der Waals surface area contributed by atoms with E-state index in [1.54, 1.807) is 6.20 Å². The quantitative estimate of drug-likeness (QED) is 0.701. The van der Waals surface area contributed by atoms with Gasteiger partial charge in [-0.05, 0) is 0 Å². The predicted octanol–water partition coefficient (Wildman–Crippen LogP) is 3.21. The first-order chi connectivity index (χ1) is 7.68. The normalized spacial score (nSPS) is 13.3. The molecule has 0 N–H and O–H groups in total. The molecule has 0 unspecified atom stereocenters. The number of hydrogen-bond acceptors (Lipinski definition) is 4. The Kier molecular flexibility index (Phi) is 2.49. The van der Waals surface area contributed by atoms with E-state index in [0.717, 1.165) is 5.69 Å². The number of aromatic nitrogens is 3. The van der Waals surface area contributed by atoms with E-state index in [9.17, 15) is 0 Å². The maximum Gasteiger partial charge on any atom is 0.266 e. The first-order valence-electron chi connectivity index (χ1n) is 5.82. The van der Waals surface area contributed by atoms with Gasteiger partial charge in [0.15, 0.2) is 0 Å². The third-order valence-electron chi connectivity index (χ3n) is 2.53. The highest BCUT2D eigenvalue weighted by Crippen LogP contribution is 2.26. The number of rotatable bonds is 0. The average molecular weight is 233 g/mol. The second-order valence-electron chi connectivity index (χ2n) is 6.40. The molecule has 17 heavy (non-hydrogen) atoms. The first kappa shape index (κ1) is 12.0. The van der Waals surface area contributed by atoms with Crippen molar-refractivity contribution in [2.24, 2.45) is 0 Å². The van der Waals surface area contributed by atoms with Crippen LogP contribution in [0.3, 0.4) is 0 Å². The lowest BCUT2D eigenvalue weighted by Crippen LogP contribution is -2.13. The molecule has 0 aromatic carbocycles. The molecule has 92 valence electrons. The molecule has 0 atom stereocenters. The van der Waals surface area contributed by atoms with Gasteiger partial charge in [0, 0.05) is 10.8 Å². The van der Waals surface area contributed by atoms with Crippen molar-refractivity contribution < 1.29 is 4.42 Å². The Hall–Kier alpha value is -1.45. The largest absolute Gasteiger partial charge is 0.420 e. The monoisotopic (exact) mass is 233 g/mol. The highest BCUT2D eigenvalue weighted by Gasteiger charge is 2.23. The van der Waals surface area contributed by atoms with Crippen LogP contribution in [0.5, 0.6) is 0 Å². The van der Waals surface area contributed by atoms with Gasteiger partial charge in [-0.15, -0.1) is 0 Å². The second-order valence-corrected chi connectivity index (χ2v) is 6.40. The molecule has 2 heterocycles. The summed E-state index contributed by atoms with van der Waals surface area (Å²) < 4.78 is 5.68. The predicted molar refractivity (Wildman–Crippen MR) is 67.0 cm³/mol. The summed E-state index contributed by atoms with van der Waals surface area (Å²) in [5.74, 6) is 0.679. The van der Waals surface area contributed by atoms with E-state index >= 15 is 0 Å². The minimum atomic E-state index is -0.121. The molecular formula is C13H19N3O. The van der Waals surface area contributed by atoms with E-state index in [2.05, 4.69) is 56.5 Å². The van der Waals surface area contributed by atoms with E-state index in [4.69, 9.17) is 4.42 Å². The van der Waals surface area contributed by atoms with Crippen molar-refractivity contribution in [2.75, 3.05) is 0 Å². The summed E-state index contributed by atoms with van der Waals surface area (Å²) >= 11 is 0. The van der Waals surface area contributed by atoms with E-state index in [-0.39, 0.29) is 10.8 Å². The molecule has 0 radical (unpaired) electrons. The van der Waals surface area contributed by atoms with E-state index < -0.39 is 0 Å². The van der Waals surface area contributed by atoms with Gasteiger partial charge in [0.25, 0.3) is 5.71 Å². The molecule has 2 aromatic rings. The zero-order valence-corrected chi connectivity index (χ0v) is 11.3. The Balaban J connectivity index is 2.56. The molecule has 4 heteroatoms. The van der Waals surface area contributed by atoms with Crippen molar-refractivity contribution in [3.05, 3.63) is 17.8 Å². The van der Waals surface area contributed by atoms with Gasteiger partial charge in [0.05, 0.1) is 11.9 Å². The lowest BCUT2D eigenvalue weighted by atomic mass is 9.93. The number of hydrogen-bond donors (Lipinski definition) is 0. The van der Waals surface area contributed by atoms with Crippen LogP contribution in [0, 0.1) is 0 Å². The summed E-state index contributed by atoms with van der Waals surface area (Å²) in [4.78, 5) is 13.2. The highest BCUT2D eigenvalue weighted by molar-refractivity contribution is 5.62. The van der Waals surface area contributed by atoms with Crippen LogP contribution < -0.4 is 0 Å². The summed E-state index contributed by atoms with van der Waals surface area (Å²) in [5, 5.41) is 0. The van der Waals surface area contributed by atoms with Crippen LogP contribution in [0.1, 0.15) is 53.1 Å². The van der Waals surface area contributed by atoms with Crippen LogP contribution in [0.2, 0.25) is 0 Å². The maximum absolute atomic E-state index is 5.68. The van der Waals surface area contributed by atoms with Crippen LogP contribution in [0.25, 0.3) is 11.4 Å². The minimum absolute atomic E-state index is 0.0319. The van der Waals surface area contributed by atoms with Gasteiger partial charge in [-0.25, -0.2) is 9.97 Å². The van der Waals surface area contributed by atoms with Gasteiger partial charge in [0.1, 0.15) is 0 Å². The molecule has 0 saturated carbocycles. The van der Waals surface area contributed by atoms with Gasteiger partial charge < -0.3 is 4.42 Å². The van der Waals surface area contributed by atoms with Crippen molar-refractivity contribution >= 4 is 11.4 Å². The van der Waals surface area contributed by atoms with Gasteiger partial charge in [-0.3, -0.25) is 0 Å². The molecule has 0 aliphatic rings. The molecule has 2 aromatic heterocycles. The van der Waals surface area contributed by atoms with Gasteiger partial charge in [-0.1, -0.05) is 41.5 Å². The van der Waals surface area contributed by atoms with Crippen molar-refractivity contribution in [2.45, 2.75) is 52.4 Å². The Bertz CT molecular complexity index is 532. The maximum atomic E-state index is 5.68. The Labute approximate surface area is 101 Å². The smallest absolute Gasteiger partial charge is 0.266 e. The van der Waals surface area contributed by atoms with E-state index in [0.29, 0.717) is 17.3 Å². The number of fused-ring (bicyclic) bond motifs is 1. The molecule has 0 saturated heterocycles.